The molecule has 0 amide bonds. The lowest BCUT2D eigenvalue weighted by atomic mass is 9.97. The second kappa shape index (κ2) is 21.4. The van der Waals surface area contributed by atoms with Crippen LogP contribution in [0.15, 0.2) is 322 Å². The fourth-order valence-corrected chi connectivity index (χ4v) is 12.3. The van der Waals surface area contributed by atoms with Gasteiger partial charge in [-0.15, -0.1) is 0 Å². The summed E-state index contributed by atoms with van der Waals surface area (Å²) in [6, 6.07) is 115. The van der Waals surface area contributed by atoms with Crippen LogP contribution >= 0.6 is 0 Å². The van der Waals surface area contributed by atoms with Gasteiger partial charge < -0.3 is 0 Å². The SMILES string of the molecule is c1ccc(-c2cc(-c3cc4cc(c3)c3cccc(c3)c3ccc(cc3)c3cccc(c3)c3ccc(cc3)c3ccc(cc3)c3ccc5ccc6ccc(nc6c5n3)c3ccc(cc3)c3ccc(cc3)c3ccc(cc3)c3cccc4c3)ccn2)cc1. The lowest BCUT2D eigenvalue weighted by Crippen LogP contribution is -1.87. The van der Waals surface area contributed by atoms with Crippen LogP contribution in [-0.2, 0) is 0 Å². The van der Waals surface area contributed by atoms with Crippen molar-refractivity contribution in [3.63, 3.8) is 0 Å². The van der Waals surface area contributed by atoms with E-state index in [1.165, 1.54) is 32.3 Å². The van der Waals surface area contributed by atoms with Gasteiger partial charge in [-0.3, -0.25) is 4.98 Å². The lowest BCUT2D eigenvalue weighted by Gasteiger charge is -2.08. The van der Waals surface area contributed by atoms with E-state index in [1.54, 1.807) is 0 Å². The van der Waals surface area contributed by atoms with Crippen LogP contribution in [0, 0.1) is 0 Å². The topological polar surface area (TPSA) is 38.7 Å². The summed E-state index contributed by atoms with van der Waals surface area (Å²) in [6.07, 6.45) is 1.93. The molecule has 400 valence electrons. The van der Waals surface area contributed by atoms with Crippen molar-refractivity contribution in [1.82, 2.24) is 15.0 Å². The van der Waals surface area contributed by atoms with Gasteiger partial charge >= 0.3 is 0 Å². The van der Waals surface area contributed by atoms with Gasteiger partial charge in [0.05, 0.1) is 27.8 Å². The normalized spacial score (nSPS) is 11.5. The third-order valence-corrected chi connectivity index (χ3v) is 17.1. The summed E-state index contributed by atoms with van der Waals surface area (Å²) >= 11 is 0. The summed E-state index contributed by atoms with van der Waals surface area (Å²) in [4.78, 5) is 15.4. The van der Waals surface area contributed by atoms with Crippen LogP contribution in [0.1, 0.15) is 0 Å². The van der Waals surface area contributed by atoms with Gasteiger partial charge in [0, 0.05) is 33.3 Å². The van der Waals surface area contributed by atoms with E-state index in [-0.39, 0.29) is 0 Å². The Morgan fingerprint density at radius 2 is 0.453 bits per heavy atom. The number of rotatable bonds is 2. The maximum Gasteiger partial charge on any atom is 0.0972 e. The van der Waals surface area contributed by atoms with E-state index in [4.69, 9.17) is 15.0 Å². The summed E-state index contributed by atoms with van der Waals surface area (Å²) < 4.78 is 0. The second-order valence-corrected chi connectivity index (χ2v) is 22.4. The minimum Gasteiger partial charge on any atom is -0.256 e. The Hall–Kier alpha value is -11.4. The second-order valence-electron chi connectivity index (χ2n) is 22.4. The van der Waals surface area contributed by atoms with Crippen molar-refractivity contribution in [1.29, 1.82) is 0 Å². The average Bonchev–Trinajstić information content (AvgIpc) is 3.26. The Balaban J connectivity index is 0.870. The first-order chi connectivity index (χ1) is 42.5. The lowest BCUT2D eigenvalue weighted by molar-refractivity contribution is 1.33. The van der Waals surface area contributed by atoms with E-state index in [9.17, 15) is 0 Å². The predicted molar refractivity (Wildman–Crippen MR) is 369 cm³/mol. The number of benzene rings is 12. The highest BCUT2D eigenvalue weighted by Gasteiger charge is 2.09. The molecule has 24 bridgehead atoms. The van der Waals surface area contributed by atoms with Gasteiger partial charge in [-0.25, -0.2) is 9.97 Å². The molecule has 3 nitrogen and oxygen atoms in total. The van der Waals surface area contributed by atoms with Gasteiger partial charge in [-0.05, 0) is 169 Å². The Morgan fingerprint density at radius 1 is 0.163 bits per heavy atom. The zero-order valence-electron chi connectivity index (χ0n) is 46.9. The molecule has 0 saturated carbocycles. The molecular weight excluding hydrogens is 1040 g/mol. The Morgan fingerprint density at radius 3 is 0.814 bits per heavy atom. The molecule has 0 unspecified atom stereocenters. The van der Waals surface area contributed by atoms with E-state index in [2.05, 4.69) is 309 Å². The summed E-state index contributed by atoms with van der Waals surface area (Å²) in [5.74, 6) is 0. The molecule has 0 spiro atoms. The van der Waals surface area contributed by atoms with Crippen molar-refractivity contribution in [3.05, 3.63) is 322 Å². The summed E-state index contributed by atoms with van der Waals surface area (Å²) in [6.45, 7) is 0. The van der Waals surface area contributed by atoms with Gasteiger partial charge in [-0.1, -0.05) is 255 Å². The molecular formula is C83H53N3. The molecule has 24 rings (SSSR count). The first-order valence-corrected chi connectivity index (χ1v) is 29.3. The van der Waals surface area contributed by atoms with Crippen molar-refractivity contribution < 1.29 is 0 Å². The average molecular weight is 1090 g/mol. The van der Waals surface area contributed by atoms with Crippen molar-refractivity contribution in [2.75, 3.05) is 0 Å². The molecule has 12 heterocycles. The van der Waals surface area contributed by atoms with Gasteiger partial charge in [0.15, 0.2) is 0 Å². The number of hydrogen-bond donors (Lipinski definition) is 0. The van der Waals surface area contributed by atoms with Gasteiger partial charge in [0.1, 0.15) is 0 Å². The monoisotopic (exact) mass is 1090 g/mol. The first kappa shape index (κ1) is 50.3. The van der Waals surface area contributed by atoms with Crippen LogP contribution in [0.2, 0.25) is 0 Å². The van der Waals surface area contributed by atoms with Crippen molar-refractivity contribution >= 4 is 141 Å². The largest absolute Gasteiger partial charge is 0.256 e. The Labute approximate surface area is 496 Å². The zero-order valence-corrected chi connectivity index (χ0v) is 46.9. The molecule has 3 heteroatoms. The van der Waals surface area contributed by atoms with Crippen molar-refractivity contribution in [3.8, 4) is 22.4 Å². The van der Waals surface area contributed by atoms with Gasteiger partial charge in [-0.2, -0.15) is 0 Å². The van der Waals surface area contributed by atoms with Gasteiger partial charge in [0.2, 0.25) is 0 Å². The van der Waals surface area contributed by atoms with Gasteiger partial charge in [0.25, 0.3) is 0 Å². The molecule has 24 aromatic rings. The number of hydrogen-bond acceptors (Lipinski definition) is 3. The summed E-state index contributed by atoms with van der Waals surface area (Å²) in [7, 11) is 0. The van der Waals surface area contributed by atoms with Crippen LogP contribution in [0.25, 0.3) is 163 Å². The molecule has 0 aliphatic heterocycles. The van der Waals surface area contributed by atoms with E-state index in [0.717, 1.165) is 131 Å². The molecule has 12 aromatic heterocycles. The minimum atomic E-state index is 0.897. The van der Waals surface area contributed by atoms with E-state index < -0.39 is 0 Å². The standard InChI is InChI=1S/C83H53N3/c1-2-7-64(8-3-1)81-53-75(45-46-84-81)78-51-76-50-77(52-78)74-14-6-12-72(49-74)63-29-27-62(28-30-63)70-10-4-9-69(47-70)60-23-21-57(22-24-60)59-33-37-66(38-34-59)80-44-42-68-40-39-67-41-43-79(85-82(67)83(68)86-80)65-35-31-58(32-36-65)55-17-15-54(16-18-55)56-19-25-61(26-20-56)71-11-5-13-73(76)48-71/h1-53H. The highest BCUT2D eigenvalue weighted by atomic mass is 14.8. The molecule has 0 radical (unpaired) electrons. The molecule has 0 aliphatic carbocycles. The van der Waals surface area contributed by atoms with Crippen LogP contribution in [0.3, 0.4) is 0 Å². The predicted octanol–water partition coefficient (Wildman–Crippen LogP) is 22.7. The quantitative estimate of drug-likeness (QED) is 0.162. The highest BCUT2D eigenvalue weighted by Crippen LogP contribution is 2.33. The number of pyridine rings is 3. The third-order valence-electron chi connectivity index (χ3n) is 17.1. The molecule has 0 fully saturated rings. The number of aromatic nitrogens is 3. The maximum absolute atomic E-state index is 5.28. The number of nitrogens with zero attached hydrogens (tertiary/aromatic N) is 3. The van der Waals surface area contributed by atoms with E-state index >= 15 is 0 Å². The Bertz CT molecular complexity index is 5670. The minimum absolute atomic E-state index is 0.897. The van der Waals surface area contributed by atoms with E-state index in [1.807, 2.05) is 12.3 Å². The molecule has 0 atom stereocenters. The molecule has 12 aromatic carbocycles. The highest BCUT2D eigenvalue weighted by molar-refractivity contribution is 6.07. The van der Waals surface area contributed by atoms with Crippen LogP contribution in [0.4, 0.5) is 0 Å². The van der Waals surface area contributed by atoms with Crippen LogP contribution in [-0.4, -0.2) is 15.0 Å². The third kappa shape index (κ3) is 9.73. The first-order valence-electron chi connectivity index (χ1n) is 29.3. The van der Waals surface area contributed by atoms with E-state index in [0.29, 0.717) is 0 Å². The maximum atomic E-state index is 5.28. The molecule has 0 aliphatic rings. The zero-order chi connectivity index (χ0) is 56.9. The van der Waals surface area contributed by atoms with Crippen molar-refractivity contribution in [2.24, 2.45) is 0 Å². The Kier molecular flexibility index (Phi) is 12.5. The molecule has 0 saturated heterocycles. The number of fused-ring (bicyclic) bond motifs is 2. The van der Waals surface area contributed by atoms with Crippen LogP contribution in [0.5, 0.6) is 0 Å². The fraction of sp³-hybridized carbons (Fsp3) is 0. The molecule has 86 heavy (non-hydrogen) atoms. The summed E-state index contributed by atoms with van der Waals surface area (Å²) in [5, 5.41) is 25.2. The smallest absolute Gasteiger partial charge is 0.0972 e. The summed E-state index contributed by atoms with van der Waals surface area (Å²) in [5.41, 5.74) is 7.91. The van der Waals surface area contributed by atoms with Crippen molar-refractivity contribution in [2.45, 2.75) is 0 Å². The fourth-order valence-electron chi connectivity index (χ4n) is 12.3. The molecule has 0 N–H and O–H groups in total. The van der Waals surface area contributed by atoms with Crippen LogP contribution < -0.4 is 0 Å².